The SMILES string of the molecule is CC(C)Oc1ccc(C2=C(O)C(=O)N(c3ccc(OCc4ccccc4)cc3)C2=O)cc1. The van der Waals surface area contributed by atoms with Crippen LogP contribution < -0.4 is 14.4 Å². The van der Waals surface area contributed by atoms with Gasteiger partial charge in [0.15, 0.2) is 5.76 Å². The van der Waals surface area contributed by atoms with Crippen LogP contribution in [0, 0.1) is 0 Å². The Labute approximate surface area is 186 Å². The molecule has 3 aromatic rings. The van der Waals surface area contributed by atoms with E-state index in [1.807, 2.05) is 44.2 Å². The van der Waals surface area contributed by atoms with Crippen LogP contribution in [0.15, 0.2) is 84.6 Å². The average Bonchev–Trinajstić information content (AvgIpc) is 3.02. The molecule has 0 saturated heterocycles. The van der Waals surface area contributed by atoms with Crippen LogP contribution in [0.5, 0.6) is 11.5 Å². The zero-order valence-electron chi connectivity index (χ0n) is 17.8. The van der Waals surface area contributed by atoms with E-state index in [1.54, 1.807) is 48.5 Å². The first-order chi connectivity index (χ1) is 15.4. The molecule has 0 unspecified atom stereocenters. The Balaban J connectivity index is 1.49. The smallest absolute Gasteiger partial charge is 0.301 e. The van der Waals surface area contributed by atoms with Crippen molar-refractivity contribution in [1.82, 2.24) is 0 Å². The first-order valence-electron chi connectivity index (χ1n) is 10.3. The van der Waals surface area contributed by atoms with Gasteiger partial charge in [-0.3, -0.25) is 9.59 Å². The fourth-order valence-electron chi connectivity index (χ4n) is 3.42. The number of hydrogen-bond acceptors (Lipinski definition) is 5. The number of carbonyl (C=O) groups excluding carboxylic acids is 2. The molecule has 3 aromatic carbocycles. The van der Waals surface area contributed by atoms with Gasteiger partial charge in [-0.25, -0.2) is 4.90 Å². The van der Waals surface area contributed by atoms with Gasteiger partial charge in [0.05, 0.1) is 17.4 Å². The van der Waals surface area contributed by atoms with Crippen molar-refractivity contribution >= 4 is 23.1 Å². The minimum Gasteiger partial charge on any atom is -0.502 e. The largest absolute Gasteiger partial charge is 0.502 e. The lowest BCUT2D eigenvalue weighted by Crippen LogP contribution is -2.31. The Kier molecular flexibility index (Phi) is 5.94. The monoisotopic (exact) mass is 429 g/mol. The molecule has 32 heavy (non-hydrogen) atoms. The fraction of sp³-hybridized carbons (Fsp3) is 0.154. The van der Waals surface area contributed by atoms with Crippen molar-refractivity contribution in [3.8, 4) is 11.5 Å². The number of imide groups is 1. The second-order valence-corrected chi connectivity index (χ2v) is 7.63. The predicted molar refractivity (Wildman–Crippen MR) is 121 cm³/mol. The summed E-state index contributed by atoms with van der Waals surface area (Å²) in [5, 5.41) is 10.4. The van der Waals surface area contributed by atoms with Crippen molar-refractivity contribution in [3.05, 3.63) is 95.7 Å². The summed E-state index contributed by atoms with van der Waals surface area (Å²) < 4.78 is 11.4. The fourth-order valence-corrected chi connectivity index (χ4v) is 3.42. The van der Waals surface area contributed by atoms with Gasteiger partial charge < -0.3 is 14.6 Å². The number of aliphatic hydroxyl groups is 1. The van der Waals surface area contributed by atoms with E-state index in [9.17, 15) is 14.7 Å². The molecule has 6 heteroatoms. The van der Waals surface area contributed by atoms with Gasteiger partial charge in [0, 0.05) is 0 Å². The number of carbonyl (C=O) groups is 2. The third-order valence-electron chi connectivity index (χ3n) is 4.92. The highest BCUT2D eigenvalue weighted by atomic mass is 16.5. The van der Waals surface area contributed by atoms with Gasteiger partial charge in [0.25, 0.3) is 5.91 Å². The van der Waals surface area contributed by atoms with Gasteiger partial charge in [-0.05, 0) is 61.4 Å². The van der Waals surface area contributed by atoms with E-state index in [1.165, 1.54) is 0 Å². The number of amides is 2. The number of nitrogens with zero attached hydrogens (tertiary/aromatic N) is 1. The van der Waals surface area contributed by atoms with E-state index < -0.39 is 17.6 Å². The summed E-state index contributed by atoms with van der Waals surface area (Å²) in [6, 6.07) is 23.1. The normalized spacial score (nSPS) is 13.8. The lowest BCUT2D eigenvalue weighted by atomic mass is 10.1. The lowest BCUT2D eigenvalue weighted by Gasteiger charge is -2.15. The first kappa shape index (κ1) is 21.2. The van der Waals surface area contributed by atoms with Gasteiger partial charge in [-0.2, -0.15) is 0 Å². The van der Waals surface area contributed by atoms with Gasteiger partial charge in [0.1, 0.15) is 18.1 Å². The molecule has 0 saturated carbocycles. The minimum absolute atomic E-state index is 0.0123. The molecule has 6 nitrogen and oxygen atoms in total. The summed E-state index contributed by atoms with van der Waals surface area (Å²) in [7, 11) is 0. The molecule has 0 spiro atoms. The van der Waals surface area contributed by atoms with Gasteiger partial charge in [-0.15, -0.1) is 0 Å². The summed E-state index contributed by atoms with van der Waals surface area (Å²) in [5.41, 5.74) is 1.80. The molecule has 1 heterocycles. The van der Waals surface area contributed by atoms with E-state index in [0.717, 1.165) is 10.5 Å². The number of benzene rings is 3. The maximum atomic E-state index is 13.0. The molecule has 0 radical (unpaired) electrons. The number of rotatable bonds is 7. The Morgan fingerprint density at radius 2 is 1.44 bits per heavy atom. The summed E-state index contributed by atoms with van der Waals surface area (Å²) in [4.78, 5) is 26.6. The van der Waals surface area contributed by atoms with Crippen LogP contribution in [-0.2, 0) is 16.2 Å². The van der Waals surface area contributed by atoms with E-state index in [0.29, 0.717) is 29.4 Å². The summed E-state index contributed by atoms with van der Waals surface area (Å²) in [6.07, 6.45) is 0.0123. The maximum absolute atomic E-state index is 13.0. The molecular formula is C26H23NO5. The van der Waals surface area contributed by atoms with Crippen molar-refractivity contribution < 1.29 is 24.2 Å². The van der Waals surface area contributed by atoms with Crippen molar-refractivity contribution in [3.63, 3.8) is 0 Å². The van der Waals surface area contributed by atoms with Crippen LogP contribution in [0.3, 0.4) is 0 Å². The zero-order valence-corrected chi connectivity index (χ0v) is 17.8. The van der Waals surface area contributed by atoms with E-state index in [-0.39, 0.29) is 11.7 Å². The summed E-state index contributed by atoms with van der Waals surface area (Å²) in [5.74, 6) is -0.663. The summed E-state index contributed by atoms with van der Waals surface area (Å²) in [6.45, 7) is 4.24. The molecule has 4 rings (SSSR count). The van der Waals surface area contributed by atoms with Crippen LogP contribution in [0.2, 0.25) is 0 Å². The first-order valence-corrected chi connectivity index (χ1v) is 10.3. The topological polar surface area (TPSA) is 76.1 Å². The zero-order chi connectivity index (χ0) is 22.7. The van der Waals surface area contributed by atoms with Gasteiger partial charge in [-0.1, -0.05) is 42.5 Å². The van der Waals surface area contributed by atoms with Crippen molar-refractivity contribution in [2.75, 3.05) is 4.90 Å². The van der Waals surface area contributed by atoms with Crippen LogP contribution in [-0.4, -0.2) is 23.0 Å². The number of ether oxygens (including phenoxy) is 2. The molecule has 0 fully saturated rings. The second kappa shape index (κ2) is 8.98. The molecular weight excluding hydrogens is 406 g/mol. The van der Waals surface area contributed by atoms with Crippen LogP contribution >= 0.6 is 0 Å². The molecule has 2 amide bonds. The summed E-state index contributed by atoms with van der Waals surface area (Å²) >= 11 is 0. The molecule has 1 N–H and O–H groups in total. The Hall–Kier alpha value is -4.06. The van der Waals surface area contributed by atoms with Gasteiger partial charge >= 0.3 is 5.91 Å². The quantitative estimate of drug-likeness (QED) is 0.541. The number of anilines is 1. The number of aliphatic hydroxyl groups excluding tert-OH is 1. The molecule has 1 aliphatic heterocycles. The molecule has 0 atom stereocenters. The third kappa shape index (κ3) is 4.34. The van der Waals surface area contributed by atoms with Crippen LogP contribution in [0.1, 0.15) is 25.0 Å². The average molecular weight is 429 g/mol. The van der Waals surface area contributed by atoms with Crippen LogP contribution in [0.4, 0.5) is 5.69 Å². The van der Waals surface area contributed by atoms with Crippen molar-refractivity contribution in [1.29, 1.82) is 0 Å². The Morgan fingerprint density at radius 1 is 0.812 bits per heavy atom. The predicted octanol–water partition coefficient (Wildman–Crippen LogP) is 4.90. The lowest BCUT2D eigenvalue weighted by molar-refractivity contribution is -0.121. The standard InChI is InChI=1S/C26H23NO5/c1-17(2)32-22-12-8-19(9-13-22)23-24(28)26(30)27(25(23)29)20-10-14-21(15-11-20)31-16-18-6-4-3-5-7-18/h3-15,17,28H,16H2,1-2H3. The van der Waals surface area contributed by atoms with E-state index >= 15 is 0 Å². The maximum Gasteiger partial charge on any atom is 0.301 e. The van der Waals surface area contributed by atoms with E-state index in [4.69, 9.17) is 9.47 Å². The van der Waals surface area contributed by atoms with Gasteiger partial charge in [0.2, 0.25) is 0 Å². The third-order valence-corrected chi connectivity index (χ3v) is 4.92. The molecule has 0 aliphatic carbocycles. The van der Waals surface area contributed by atoms with Crippen molar-refractivity contribution in [2.45, 2.75) is 26.6 Å². The van der Waals surface area contributed by atoms with Crippen LogP contribution in [0.25, 0.3) is 5.57 Å². The second-order valence-electron chi connectivity index (χ2n) is 7.63. The Bertz CT molecular complexity index is 1150. The highest BCUT2D eigenvalue weighted by molar-refractivity contribution is 6.44. The molecule has 0 bridgehead atoms. The highest BCUT2D eigenvalue weighted by Gasteiger charge is 2.40. The highest BCUT2D eigenvalue weighted by Crippen LogP contribution is 2.33. The molecule has 162 valence electrons. The van der Waals surface area contributed by atoms with E-state index in [2.05, 4.69) is 0 Å². The Morgan fingerprint density at radius 3 is 2.06 bits per heavy atom. The minimum atomic E-state index is -0.759. The van der Waals surface area contributed by atoms with Crippen molar-refractivity contribution in [2.24, 2.45) is 0 Å². The molecule has 0 aromatic heterocycles. The number of hydrogen-bond donors (Lipinski definition) is 1. The molecule has 1 aliphatic rings.